The number of hydrogen-bond acceptors (Lipinski definition) is 1. The average Bonchev–Trinajstić information content (AvgIpc) is 2.13. The van der Waals surface area contributed by atoms with E-state index in [2.05, 4.69) is 6.58 Å². The Morgan fingerprint density at radius 2 is 2.27 bits per heavy atom. The van der Waals surface area contributed by atoms with Gasteiger partial charge in [0.25, 0.3) is 0 Å². The first kappa shape index (κ1) is 11.6. The van der Waals surface area contributed by atoms with Crippen molar-refractivity contribution in [3.63, 3.8) is 0 Å². The average molecular weight is 226 g/mol. The first-order chi connectivity index (χ1) is 7.00. The molecule has 0 saturated heterocycles. The van der Waals surface area contributed by atoms with E-state index in [4.69, 9.17) is 16.7 Å². The Morgan fingerprint density at radius 1 is 1.60 bits per heavy atom. The summed E-state index contributed by atoms with van der Waals surface area (Å²) in [6.45, 7) is 5.74. The summed E-state index contributed by atoms with van der Waals surface area (Å²) in [6, 6.07) is 6.72. The second-order valence-corrected chi connectivity index (χ2v) is 3.74. The second-order valence-electron chi connectivity index (χ2n) is 3.31. The maximum atomic E-state index is 11.0. The normalized spacial score (nSPS) is 9.73. The van der Waals surface area contributed by atoms with Gasteiger partial charge in [-0.25, -0.2) is 4.79 Å². The number of carboxylic acid groups (broad SMARTS) is 1. The SMILES string of the molecule is C=C(C)CN(C(=O)O)c1cccc(Cl)c1. The smallest absolute Gasteiger partial charge is 0.412 e. The predicted molar refractivity (Wildman–Crippen MR) is 61.6 cm³/mol. The van der Waals surface area contributed by atoms with Crippen molar-refractivity contribution in [1.82, 2.24) is 0 Å². The van der Waals surface area contributed by atoms with Crippen LogP contribution >= 0.6 is 11.6 Å². The van der Waals surface area contributed by atoms with Gasteiger partial charge in [0.05, 0.1) is 0 Å². The number of benzene rings is 1. The maximum Gasteiger partial charge on any atom is 0.412 e. The fourth-order valence-corrected chi connectivity index (χ4v) is 1.37. The highest BCUT2D eigenvalue weighted by Gasteiger charge is 2.13. The Kier molecular flexibility index (Phi) is 3.74. The number of hydrogen-bond donors (Lipinski definition) is 1. The van der Waals surface area contributed by atoms with Gasteiger partial charge in [0.15, 0.2) is 0 Å². The van der Waals surface area contributed by atoms with E-state index in [1.165, 1.54) is 4.90 Å². The van der Waals surface area contributed by atoms with E-state index < -0.39 is 6.09 Å². The topological polar surface area (TPSA) is 40.5 Å². The third-order valence-corrected chi connectivity index (χ3v) is 2.01. The summed E-state index contributed by atoms with van der Waals surface area (Å²) < 4.78 is 0. The van der Waals surface area contributed by atoms with Gasteiger partial charge in [0.1, 0.15) is 0 Å². The molecule has 0 aliphatic carbocycles. The van der Waals surface area contributed by atoms with Crippen molar-refractivity contribution < 1.29 is 9.90 Å². The molecule has 0 aliphatic rings. The van der Waals surface area contributed by atoms with Gasteiger partial charge in [-0.15, -0.1) is 0 Å². The minimum absolute atomic E-state index is 0.273. The van der Waals surface area contributed by atoms with Gasteiger partial charge in [-0.2, -0.15) is 0 Å². The van der Waals surface area contributed by atoms with E-state index in [9.17, 15) is 4.79 Å². The molecule has 15 heavy (non-hydrogen) atoms. The van der Waals surface area contributed by atoms with Crippen LogP contribution < -0.4 is 4.90 Å². The molecule has 0 heterocycles. The van der Waals surface area contributed by atoms with Crippen molar-refractivity contribution in [2.45, 2.75) is 6.92 Å². The fraction of sp³-hybridized carbons (Fsp3) is 0.182. The van der Waals surface area contributed by atoms with Gasteiger partial charge in [-0.3, -0.25) is 4.90 Å². The van der Waals surface area contributed by atoms with Crippen LogP contribution in [0.1, 0.15) is 6.92 Å². The molecule has 3 nitrogen and oxygen atoms in total. The van der Waals surface area contributed by atoms with E-state index in [0.29, 0.717) is 10.7 Å². The van der Waals surface area contributed by atoms with Crippen molar-refractivity contribution >= 4 is 23.4 Å². The Hall–Kier alpha value is -1.48. The molecule has 0 aromatic heterocycles. The van der Waals surface area contributed by atoms with Crippen molar-refractivity contribution in [2.24, 2.45) is 0 Å². The number of anilines is 1. The summed E-state index contributed by atoms with van der Waals surface area (Å²) >= 11 is 5.79. The molecule has 4 heteroatoms. The highest BCUT2D eigenvalue weighted by molar-refractivity contribution is 6.30. The number of carbonyl (C=O) groups is 1. The molecule has 0 bridgehead atoms. The standard InChI is InChI=1S/C11H12ClNO2/c1-8(2)7-13(11(14)15)10-5-3-4-9(12)6-10/h3-6H,1,7H2,2H3,(H,14,15). The number of rotatable bonds is 3. The second kappa shape index (κ2) is 4.84. The molecule has 0 unspecified atom stereocenters. The van der Waals surface area contributed by atoms with Crippen molar-refractivity contribution in [3.8, 4) is 0 Å². The van der Waals surface area contributed by atoms with Gasteiger partial charge >= 0.3 is 6.09 Å². The lowest BCUT2D eigenvalue weighted by atomic mass is 10.2. The van der Waals surface area contributed by atoms with Crippen molar-refractivity contribution in [1.29, 1.82) is 0 Å². The lowest BCUT2D eigenvalue weighted by Gasteiger charge is -2.19. The highest BCUT2D eigenvalue weighted by atomic mass is 35.5. The molecular formula is C11H12ClNO2. The maximum absolute atomic E-state index is 11.0. The molecule has 1 N–H and O–H groups in total. The van der Waals surface area contributed by atoms with Crippen LogP contribution in [-0.4, -0.2) is 17.7 Å². The molecule has 80 valence electrons. The quantitative estimate of drug-likeness (QED) is 0.801. The van der Waals surface area contributed by atoms with E-state index in [1.807, 2.05) is 0 Å². The number of halogens is 1. The van der Waals surface area contributed by atoms with Crippen LogP contribution in [0.15, 0.2) is 36.4 Å². The first-order valence-electron chi connectivity index (χ1n) is 4.41. The summed E-state index contributed by atoms with van der Waals surface area (Å²) in [5.41, 5.74) is 1.33. The van der Waals surface area contributed by atoms with Crippen LogP contribution in [0.2, 0.25) is 5.02 Å². The molecule has 1 aromatic carbocycles. The van der Waals surface area contributed by atoms with Crippen LogP contribution in [0.5, 0.6) is 0 Å². The van der Waals surface area contributed by atoms with E-state index in [0.717, 1.165) is 5.57 Å². The zero-order valence-electron chi connectivity index (χ0n) is 8.40. The van der Waals surface area contributed by atoms with Gasteiger partial charge in [0.2, 0.25) is 0 Å². The molecular weight excluding hydrogens is 214 g/mol. The van der Waals surface area contributed by atoms with Crippen LogP contribution in [0.25, 0.3) is 0 Å². The molecule has 0 fully saturated rings. The van der Waals surface area contributed by atoms with Gasteiger partial charge in [-0.05, 0) is 25.1 Å². The Morgan fingerprint density at radius 3 is 2.73 bits per heavy atom. The molecule has 0 aliphatic heterocycles. The molecule has 0 spiro atoms. The van der Waals surface area contributed by atoms with E-state index in [-0.39, 0.29) is 6.54 Å². The third-order valence-electron chi connectivity index (χ3n) is 1.78. The molecule has 1 aromatic rings. The monoisotopic (exact) mass is 225 g/mol. The Labute approximate surface area is 93.6 Å². The van der Waals surface area contributed by atoms with Crippen LogP contribution in [-0.2, 0) is 0 Å². The van der Waals surface area contributed by atoms with Crippen LogP contribution in [0.3, 0.4) is 0 Å². The first-order valence-corrected chi connectivity index (χ1v) is 4.79. The van der Waals surface area contributed by atoms with Gasteiger partial charge < -0.3 is 5.11 Å². The Balaban J connectivity index is 2.98. The zero-order valence-corrected chi connectivity index (χ0v) is 9.16. The van der Waals surface area contributed by atoms with E-state index in [1.54, 1.807) is 31.2 Å². The lowest BCUT2D eigenvalue weighted by molar-refractivity contribution is 0.202. The Bertz CT molecular complexity index is 390. The third kappa shape index (κ3) is 3.29. The molecule has 0 radical (unpaired) electrons. The summed E-state index contributed by atoms with van der Waals surface area (Å²) in [6.07, 6.45) is -1.01. The van der Waals surface area contributed by atoms with Crippen molar-refractivity contribution in [3.05, 3.63) is 41.4 Å². The minimum atomic E-state index is -1.01. The van der Waals surface area contributed by atoms with Gasteiger partial charge in [0, 0.05) is 17.3 Å². The highest BCUT2D eigenvalue weighted by Crippen LogP contribution is 2.20. The van der Waals surface area contributed by atoms with E-state index >= 15 is 0 Å². The summed E-state index contributed by atoms with van der Waals surface area (Å²) in [7, 11) is 0. The fourth-order valence-electron chi connectivity index (χ4n) is 1.18. The number of amides is 1. The number of nitrogens with zero attached hydrogens (tertiary/aromatic N) is 1. The molecule has 1 amide bonds. The van der Waals surface area contributed by atoms with Crippen LogP contribution in [0.4, 0.5) is 10.5 Å². The summed E-state index contributed by atoms with van der Waals surface area (Å²) in [5.74, 6) is 0. The molecule has 0 atom stereocenters. The zero-order chi connectivity index (χ0) is 11.4. The lowest BCUT2D eigenvalue weighted by Crippen LogP contribution is -2.30. The van der Waals surface area contributed by atoms with Crippen LogP contribution in [0, 0.1) is 0 Å². The minimum Gasteiger partial charge on any atom is -0.465 e. The van der Waals surface area contributed by atoms with Crippen molar-refractivity contribution in [2.75, 3.05) is 11.4 Å². The predicted octanol–water partition coefficient (Wildman–Crippen LogP) is 3.40. The summed E-state index contributed by atoms with van der Waals surface area (Å²) in [5, 5.41) is 9.52. The van der Waals surface area contributed by atoms with Gasteiger partial charge in [-0.1, -0.05) is 29.8 Å². The molecule has 0 saturated carbocycles. The largest absolute Gasteiger partial charge is 0.465 e. The molecule has 1 rings (SSSR count). The summed E-state index contributed by atoms with van der Waals surface area (Å²) in [4.78, 5) is 12.2.